The Balaban J connectivity index is 1.54. The molecule has 0 radical (unpaired) electrons. The summed E-state index contributed by atoms with van der Waals surface area (Å²) in [5, 5.41) is 4.09. The van der Waals surface area contributed by atoms with Gasteiger partial charge in [0, 0.05) is 35.2 Å². The van der Waals surface area contributed by atoms with Gasteiger partial charge in [-0.3, -0.25) is 9.59 Å². The molecular formula is C32H34FN3O3. The lowest BCUT2D eigenvalue weighted by Crippen LogP contribution is -2.47. The highest BCUT2D eigenvalue weighted by atomic mass is 19.1. The highest BCUT2D eigenvalue weighted by molar-refractivity contribution is 5.92. The third-order valence-electron chi connectivity index (χ3n) is 7.54. The number of amides is 2. The number of methoxy groups -OCH3 is 1. The molecule has 1 aliphatic rings. The van der Waals surface area contributed by atoms with Gasteiger partial charge in [-0.15, -0.1) is 0 Å². The number of hydrogen-bond donors (Lipinski definition) is 2. The number of halogens is 1. The third kappa shape index (κ3) is 6.14. The van der Waals surface area contributed by atoms with Gasteiger partial charge >= 0.3 is 0 Å². The zero-order chi connectivity index (χ0) is 27.2. The Morgan fingerprint density at radius 2 is 1.79 bits per heavy atom. The van der Waals surface area contributed by atoms with Gasteiger partial charge in [0.2, 0.25) is 11.8 Å². The van der Waals surface area contributed by atoms with Crippen LogP contribution >= 0.6 is 0 Å². The fraction of sp³-hybridized carbons (Fsp3) is 0.312. The Hall–Kier alpha value is -4.13. The molecule has 4 aromatic rings. The highest BCUT2D eigenvalue weighted by Crippen LogP contribution is 2.30. The van der Waals surface area contributed by atoms with E-state index < -0.39 is 11.9 Å². The average molecular weight is 528 g/mol. The number of carbonyl (C=O) groups excluding carboxylic acids is 2. The Bertz CT molecular complexity index is 1440. The van der Waals surface area contributed by atoms with Crippen molar-refractivity contribution in [2.45, 2.75) is 57.2 Å². The lowest BCUT2D eigenvalue weighted by Gasteiger charge is -2.34. The normalized spacial score (nSPS) is 14.6. The molecule has 1 atom stereocenters. The number of ether oxygens (including phenoxy) is 1. The molecule has 1 saturated carbocycles. The standard InChI is InChI=1S/C32H34FN3O3/c1-39-25-13-9-10-22(18-25)21-36(30(37)19-23-20-34-29-17-8-6-14-26(23)29)31(27-15-5-7-16-28(27)33)32(38)35-24-11-3-2-4-12-24/h5-10,13-18,20,24,31,34H,2-4,11-12,19,21H2,1H3,(H,35,38). The van der Waals surface area contributed by atoms with Crippen LogP contribution in [0.3, 0.4) is 0 Å². The first-order valence-corrected chi connectivity index (χ1v) is 13.6. The molecule has 0 bridgehead atoms. The van der Waals surface area contributed by atoms with E-state index in [4.69, 9.17) is 4.74 Å². The van der Waals surface area contributed by atoms with Gasteiger partial charge in [0.05, 0.1) is 13.5 Å². The minimum atomic E-state index is -1.13. The van der Waals surface area contributed by atoms with Crippen LogP contribution in [-0.2, 0) is 22.6 Å². The summed E-state index contributed by atoms with van der Waals surface area (Å²) in [6.45, 7) is 0.121. The van der Waals surface area contributed by atoms with Gasteiger partial charge in [-0.2, -0.15) is 0 Å². The number of nitrogens with one attached hydrogen (secondary N) is 2. The molecule has 1 unspecified atom stereocenters. The summed E-state index contributed by atoms with van der Waals surface area (Å²) in [6.07, 6.45) is 6.89. The fourth-order valence-electron chi connectivity index (χ4n) is 5.51. The summed E-state index contributed by atoms with van der Waals surface area (Å²) >= 11 is 0. The molecule has 202 valence electrons. The first-order valence-electron chi connectivity index (χ1n) is 13.6. The minimum absolute atomic E-state index is 0.0166. The third-order valence-corrected chi connectivity index (χ3v) is 7.54. The van der Waals surface area contributed by atoms with E-state index in [0.29, 0.717) is 5.75 Å². The molecule has 39 heavy (non-hydrogen) atoms. The van der Waals surface area contributed by atoms with E-state index in [1.807, 2.05) is 54.7 Å². The first kappa shape index (κ1) is 26.5. The molecular weight excluding hydrogens is 493 g/mol. The van der Waals surface area contributed by atoms with E-state index in [2.05, 4.69) is 10.3 Å². The van der Waals surface area contributed by atoms with Crippen molar-refractivity contribution < 1.29 is 18.7 Å². The number of H-pyrrole nitrogens is 1. The topological polar surface area (TPSA) is 74.4 Å². The van der Waals surface area contributed by atoms with Crippen LogP contribution in [0.4, 0.5) is 4.39 Å². The van der Waals surface area contributed by atoms with Crippen LogP contribution in [0.1, 0.15) is 54.8 Å². The molecule has 1 aliphatic carbocycles. The van der Waals surface area contributed by atoms with Gasteiger partial charge in [0.25, 0.3) is 0 Å². The van der Waals surface area contributed by atoms with Gasteiger partial charge < -0.3 is 19.9 Å². The van der Waals surface area contributed by atoms with Crippen molar-refractivity contribution in [3.63, 3.8) is 0 Å². The number of aromatic nitrogens is 1. The van der Waals surface area contributed by atoms with E-state index in [1.165, 1.54) is 11.0 Å². The molecule has 5 rings (SSSR count). The molecule has 6 nitrogen and oxygen atoms in total. The molecule has 0 saturated heterocycles. The van der Waals surface area contributed by atoms with Gasteiger partial charge in [-0.1, -0.05) is 67.8 Å². The smallest absolute Gasteiger partial charge is 0.247 e. The van der Waals surface area contributed by atoms with Crippen LogP contribution in [0, 0.1) is 5.82 Å². The number of aromatic amines is 1. The predicted octanol–water partition coefficient (Wildman–Crippen LogP) is 6.08. The van der Waals surface area contributed by atoms with Crippen molar-refractivity contribution in [2.24, 2.45) is 0 Å². The van der Waals surface area contributed by atoms with Crippen molar-refractivity contribution in [3.05, 3.63) is 102 Å². The van der Waals surface area contributed by atoms with Crippen molar-refractivity contribution in [2.75, 3.05) is 7.11 Å². The maximum absolute atomic E-state index is 15.3. The largest absolute Gasteiger partial charge is 0.497 e. The van der Waals surface area contributed by atoms with Crippen LogP contribution in [0.25, 0.3) is 10.9 Å². The lowest BCUT2D eigenvalue weighted by atomic mass is 9.94. The summed E-state index contributed by atoms with van der Waals surface area (Å²) < 4.78 is 20.7. The first-order chi connectivity index (χ1) is 19.0. The molecule has 0 spiro atoms. The quantitative estimate of drug-likeness (QED) is 0.277. The molecule has 1 heterocycles. The molecule has 3 aromatic carbocycles. The number of carbonyl (C=O) groups is 2. The zero-order valence-corrected chi connectivity index (χ0v) is 22.2. The van der Waals surface area contributed by atoms with E-state index in [1.54, 1.807) is 25.3 Å². The number of fused-ring (bicyclic) bond motifs is 1. The molecule has 1 aromatic heterocycles. The van der Waals surface area contributed by atoms with E-state index >= 15 is 4.39 Å². The molecule has 2 N–H and O–H groups in total. The number of hydrogen-bond acceptors (Lipinski definition) is 3. The number of para-hydroxylation sites is 1. The van der Waals surface area contributed by atoms with E-state index in [0.717, 1.165) is 54.1 Å². The fourth-order valence-corrected chi connectivity index (χ4v) is 5.51. The Morgan fingerprint density at radius 1 is 1.03 bits per heavy atom. The van der Waals surface area contributed by atoms with E-state index in [9.17, 15) is 9.59 Å². The van der Waals surface area contributed by atoms with E-state index in [-0.39, 0.29) is 36.4 Å². The van der Waals surface area contributed by atoms with Crippen LogP contribution in [0.15, 0.2) is 79.0 Å². The summed E-state index contributed by atoms with van der Waals surface area (Å²) in [5.74, 6) is -0.501. The van der Waals surface area contributed by atoms with Gasteiger partial charge in [-0.25, -0.2) is 4.39 Å². The van der Waals surface area contributed by atoms with Gasteiger partial charge in [0.1, 0.15) is 17.6 Å². The SMILES string of the molecule is COc1cccc(CN(C(=O)Cc2c[nH]c3ccccc23)C(C(=O)NC2CCCCC2)c2ccccc2F)c1. The maximum Gasteiger partial charge on any atom is 0.247 e. The monoisotopic (exact) mass is 527 g/mol. The van der Waals surface area contributed by atoms with Crippen LogP contribution in [-0.4, -0.2) is 34.8 Å². The Kier molecular flexibility index (Phi) is 8.25. The zero-order valence-electron chi connectivity index (χ0n) is 22.2. The van der Waals surface area contributed by atoms with Crippen molar-refractivity contribution in [1.29, 1.82) is 0 Å². The average Bonchev–Trinajstić information content (AvgIpc) is 3.37. The second-order valence-electron chi connectivity index (χ2n) is 10.2. The second kappa shape index (κ2) is 12.2. The Morgan fingerprint density at radius 3 is 2.59 bits per heavy atom. The van der Waals surface area contributed by atoms with Gasteiger partial charge in [-0.05, 0) is 48.2 Å². The number of benzene rings is 3. The van der Waals surface area contributed by atoms with Gasteiger partial charge in [0.15, 0.2) is 0 Å². The highest BCUT2D eigenvalue weighted by Gasteiger charge is 2.35. The number of rotatable bonds is 9. The minimum Gasteiger partial charge on any atom is -0.497 e. The molecule has 2 amide bonds. The van der Waals surface area contributed by atoms with Crippen molar-refractivity contribution in [3.8, 4) is 5.75 Å². The second-order valence-corrected chi connectivity index (χ2v) is 10.2. The maximum atomic E-state index is 15.3. The van der Waals surface area contributed by atoms with Crippen LogP contribution in [0.2, 0.25) is 0 Å². The van der Waals surface area contributed by atoms with Crippen LogP contribution in [0.5, 0.6) is 5.75 Å². The molecule has 7 heteroatoms. The summed E-state index contributed by atoms with van der Waals surface area (Å²) in [7, 11) is 1.58. The molecule has 1 fully saturated rings. The number of nitrogens with zero attached hydrogens (tertiary/aromatic N) is 1. The van der Waals surface area contributed by atoms with Crippen LogP contribution < -0.4 is 10.1 Å². The summed E-state index contributed by atoms with van der Waals surface area (Å²) in [6, 6.07) is 20.3. The van der Waals surface area contributed by atoms with Crippen molar-refractivity contribution in [1.82, 2.24) is 15.2 Å². The lowest BCUT2D eigenvalue weighted by molar-refractivity contribution is -0.141. The summed E-state index contributed by atoms with van der Waals surface area (Å²) in [4.78, 5) is 32.8. The summed E-state index contributed by atoms with van der Waals surface area (Å²) in [5.41, 5.74) is 2.72. The molecule has 0 aliphatic heterocycles. The predicted molar refractivity (Wildman–Crippen MR) is 150 cm³/mol. The Labute approximate surface area is 228 Å². The van der Waals surface area contributed by atoms with Crippen molar-refractivity contribution >= 4 is 22.7 Å².